The maximum Gasteiger partial charge on any atom is 0.274 e. The summed E-state index contributed by atoms with van der Waals surface area (Å²) in [7, 11) is 0. The molecule has 140 valence electrons. The molecule has 0 aromatic heterocycles. The molecule has 1 fully saturated rings. The average Bonchev–Trinajstić information content (AvgIpc) is 2.98. The molecular formula is C21H21ClN2O3. The van der Waals surface area contributed by atoms with Gasteiger partial charge in [0.15, 0.2) is 0 Å². The highest BCUT2D eigenvalue weighted by Crippen LogP contribution is 2.44. The summed E-state index contributed by atoms with van der Waals surface area (Å²) in [4.78, 5) is 27.0. The smallest absolute Gasteiger partial charge is 0.274 e. The van der Waals surface area contributed by atoms with E-state index in [1.807, 2.05) is 41.3 Å². The quantitative estimate of drug-likeness (QED) is 0.629. The highest BCUT2D eigenvalue weighted by molar-refractivity contribution is 6.30. The lowest BCUT2D eigenvalue weighted by atomic mass is 9.69. The van der Waals surface area contributed by atoms with Gasteiger partial charge < -0.3 is 4.90 Å². The molecule has 4 rings (SSSR count). The number of likely N-dealkylation sites (tertiary alicyclic amines) is 1. The molecule has 27 heavy (non-hydrogen) atoms. The molecule has 2 N–H and O–H groups in total. The molecule has 1 aliphatic carbocycles. The van der Waals surface area contributed by atoms with Gasteiger partial charge in [0.05, 0.1) is 5.41 Å². The minimum atomic E-state index is -0.495. The fraction of sp³-hybridized carbons (Fsp3) is 0.333. The Bertz CT molecular complexity index is 897. The van der Waals surface area contributed by atoms with E-state index in [-0.39, 0.29) is 11.3 Å². The summed E-state index contributed by atoms with van der Waals surface area (Å²) in [5.41, 5.74) is 4.88. The van der Waals surface area contributed by atoms with Crippen molar-refractivity contribution in [1.82, 2.24) is 10.4 Å². The Morgan fingerprint density at radius 2 is 1.96 bits per heavy atom. The number of fused-ring (bicyclic) bond motifs is 1. The van der Waals surface area contributed by atoms with Crippen LogP contribution in [0.2, 0.25) is 5.02 Å². The minimum absolute atomic E-state index is 0.195. The lowest BCUT2D eigenvalue weighted by Crippen LogP contribution is -2.39. The second-order valence-electron chi connectivity index (χ2n) is 7.44. The maximum absolute atomic E-state index is 13.2. The van der Waals surface area contributed by atoms with Gasteiger partial charge in [-0.15, -0.1) is 0 Å². The first-order valence-electron chi connectivity index (χ1n) is 9.11. The van der Waals surface area contributed by atoms with E-state index in [0.29, 0.717) is 30.0 Å². The summed E-state index contributed by atoms with van der Waals surface area (Å²) in [6.45, 7) is 1.34. The van der Waals surface area contributed by atoms with E-state index >= 15 is 0 Å². The number of hydrogen-bond donors (Lipinski definition) is 2. The summed E-state index contributed by atoms with van der Waals surface area (Å²) in [5.74, 6) is -0.301. The SMILES string of the molecule is O=C(NO)c1cccc2c1CCC1(CCN(Cc3ccc(Cl)cc3)C1=O)C2. The largest absolute Gasteiger partial charge is 0.338 e. The van der Waals surface area contributed by atoms with Crippen LogP contribution in [0.25, 0.3) is 0 Å². The van der Waals surface area contributed by atoms with E-state index < -0.39 is 5.91 Å². The molecule has 2 aromatic rings. The fourth-order valence-corrected chi connectivity index (χ4v) is 4.56. The van der Waals surface area contributed by atoms with Crippen LogP contribution in [-0.4, -0.2) is 28.5 Å². The van der Waals surface area contributed by atoms with Crippen molar-refractivity contribution in [2.45, 2.75) is 32.2 Å². The third-order valence-electron chi connectivity index (χ3n) is 5.89. The molecule has 1 saturated heterocycles. The molecular weight excluding hydrogens is 364 g/mol. The Morgan fingerprint density at radius 3 is 2.70 bits per heavy atom. The van der Waals surface area contributed by atoms with Gasteiger partial charge in [0, 0.05) is 23.7 Å². The van der Waals surface area contributed by atoms with Crippen LogP contribution in [0.1, 0.15) is 39.9 Å². The standard InChI is InChI=1S/C21H21ClN2O3/c22-16-6-4-14(5-7-16)13-24-11-10-21(20(24)26)9-8-17-15(12-21)2-1-3-18(17)19(25)23-27/h1-7,27H,8-13H2,(H,23,25). The van der Waals surface area contributed by atoms with Gasteiger partial charge in [0.2, 0.25) is 5.91 Å². The zero-order valence-corrected chi connectivity index (χ0v) is 15.6. The Morgan fingerprint density at radius 1 is 1.19 bits per heavy atom. The van der Waals surface area contributed by atoms with E-state index in [9.17, 15) is 9.59 Å². The normalized spacial score (nSPS) is 21.4. The molecule has 2 aromatic carbocycles. The first-order valence-corrected chi connectivity index (χ1v) is 9.49. The summed E-state index contributed by atoms with van der Waals surface area (Å²) in [5, 5.41) is 9.65. The van der Waals surface area contributed by atoms with Crippen molar-refractivity contribution >= 4 is 23.4 Å². The average molecular weight is 385 g/mol. The Balaban J connectivity index is 1.55. The number of carbonyl (C=O) groups is 2. The van der Waals surface area contributed by atoms with Gasteiger partial charge in [-0.3, -0.25) is 14.8 Å². The van der Waals surface area contributed by atoms with E-state index in [2.05, 4.69) is 0 Å². The van der Waals surface area contributed by atoms with Crippen molar-refractivity contribution in [3.8, 4) is 0 Å². The van der Waals surface area contributed by atoms with E-state index in [4.69, 9.17) is 16.8 Å². The lowest BCUT2D eigenvalue weighted by molar-refractivity contribution is -0.137. The minimum Gasteiger partial charge on any atom is -0.338 e. The zero-order valence-electron chi connectivity index (χ0n) is 14.9. The number of benzene rings is 2. The summed E-state index contributed by atoms with van der Waals surface area (Å²) < 4.78 is 0. The molecule has 1 aliphatic heterocycles. The van der Waals surface area contributed by atoms with Gasteiger partial charge in [0.25, 0.3) is 5.91 Å². The molecule has 1 unspecified atom stereocenters. The van der Waals surface area contributed by atoms with Crippen LogP contribution < -0.4 is 5.48 Å². The maximum atomic E-state index is 13.2. The lowest BCUT2D eigenvalue weighted by Gasteiger charge is -2.34. The highest BCUT2D eigenvalue weighted by Gasteiger charge is 2.48. The summed E-state index contributed by atoms with van der Waals surface area (Å²) >= 11 is 5.94. The first kappa shape index (κ1) is 18.0. The summed E-state index contributed by atoms with van der Waals surface area (Å²) in [6, 6.07) is 13.1. The van der Waals surface area contributed by atoms with Crippen LogP contribution in [0.3, 0.4) is 0 Å². The van der Waals surface area contributed by atoms with E-state index in [1.54, 1.807) is 11.5 Å². The van der Waals surface area contributed by atoms with Crippen LogP contribution in [0, 0.1) is 5.41 Å². The van der Waals surface area contributed by atoms with E-state index in [1.165, 1.54) is 0 Å². The van der Waals surface area contributed by atoms with Crippen molar-refractivity contribution in [3.63, 3.8) is 0 Å². The van der Waals surface area contributed by atoms with Crippen molar-refractivity contribution in [2.24, 2.45) is 5.41 Å². The van der Waals surface area contributed by atoms with E-state index in [0.717, 1.165) is 36.1 Å². The van der Waals surface area contributed by atoms with Crippen molar-refractivity contribution in [2.75, 3.05) is 6.54 Å². The molecule has 2 amide bonds. The number of carbonyl (C=O) groups excluding carboxylic acids is 2. The van der Waals surface area contributed by atoms with Crippen LogP contribution >= 0.6 is 11.6 Å². The predicted octanol–water partition coefficient (Wildman–Crippen LogP) is 3.37. The Kier molecular flexibility index (Phi) is 4.66. The number of nitrogens with one attached hydrogen (secondary N) is 1. The van der Waals surface area contributed by atoms with Gasteiger partial charge in [-0.2, -0.15) is 0 Å². The molecule has 0 saturated carbocycles. The third-order valence-corrected chi connectivity index (χ3v) is 6.14. The molecule has 2 aliphatic rings. The van der Waals surface area contributed by atoms with Crippen LogP contribution in [0.15, 0.2) is 42.5 Å². The number of hydrogen-bond acceptors (Lipinski definition) is 3. The zero-order chi connectivity index (χ0) is 19.0. The number of nitrogens with zero attached hydrogens (tertiary/aromatic N) is 1. The van der Waals surface area contributed by atoms with Gasteiger partial charge >= 0.3 is 0 Å². The molecule has 0 radical (unpaired) electrons. The number of rotatable bonds is 3. The van der Waals surface area contributed by atoms with Gasteiger partial charge in [-0.25, -0.2) is 5.48 Å². The third kappa shape index (κ3) is 3.22. The fourth-order valence-electron chi connectivity index (χ4n) is 4.44. The number of hydroxylamine groups is 1. The van der Waals surface area contributed by atoms with Crippen LogP contribution in [0.5, 0.6) is 0 Å². The topological polar surface area (TPSA) is 69.6 Å². The molecule has 1 spiro atoms. The van der Waals surface area contributed by atoms with Gasteiger partial charge in [0.1, 0.15) is 0 Å². The Hall–Kier alpha value is -2.37. The van der Waals surface area contributed by atoms with Gasteiger partial charge in [-0.1, -0.05) is 35.9 Å². The number of halogens is 1. The second kappa shape index (κ2) is 6.98. The molecule has 6 heteroatoms. The first-order chi connectivity index (χ1) is 13.0. The monoisotopic (exact) mass is 384 g/mol. The Labute approximate surface area is 162 Å². The van der Waals surface area contributed by atoms with Crippen LogP contribution in [0.4, 0.5) is 0 Å². The van der Waals surface area contributed by atoms with Gasteiger partial charge in [-0.05, 0) is 60.6 Å². The highest BCUT2D eigenvalue weighted by atomic mass is 35.5. The van der Waals surface area contributed by atoms with Crippen molar-refractivity contribution < 1.29 is 14.8 Å². The molecule has 5 nitrogen and oxygen atoms in total. The van der Waals surface area contributed by atoms with Crippen LogP contribution in [-0.2, 0) is 24.2 Å². The number of amides is 2. The summed E-state index contributed by atoms with van der Waals surface area (Å²) in [6.07, 6.45) is 2.87. The molecule has 0 bridgehead atoms. The van der Waals surface area contributed by atoms with Crippen molar-refractivity contribution in [3.05, 3.63) is 69.7 Å². The second-order valence-corrected chi connectivity index (χ2v) is 7.88. The predicted molar refractivity (Wildman–Crippen MR) is 102 cm³/mol. The molecule has 1 heterocycles. The van der Waals surface area contributed by atoms with Crippen molar-refractivity contribution in [1.29, 1.82) is 0 Å². The molecule has 1 atom stereocenters.